The number of hydrogen-bond donors (Lipinski definition) is 2. The van der Waals surface area contributed by atoms with Gasteiger partial charge in [-0.25, -0.2) is 4.98 Å². The Morgan fingerprint density at radius 2 is 2.00 bits per heavy atom. The predicted octanol–water partition coefficient (Wildman–Crippen LogP) is 4.02. The molecule has 5 rings (SSSR count). The van der Waals surface area contributed by atoms with Gasteiger partial charge in [0.15, 0.2) is 0 Å². The fourth-order valence-corrected chi connectivity index (χ4v) is 5.46. The molecule has 5 heteroatoms. The molecule has 2 heterocycles. The van der Waals surface area contributed by atoms with Crippen LogP contribution in [0.1, 0.15) is 48.7 Å². The topological polar surface area (TPSA) is 69.2 Å². The Balaban J connectivity index is 1.62. The molecule has 0 spiro atoms. The Labute approximate surface area is 164 Å². The highest BCUT2D eigenvalue weighted by Crippen LogP contribution is 2.57. The number of rotatable bonds is 1. The maximum Gasteiger partial charge on any atom is 0.256 e. The lowest BCUT2D eigenvalue weighted by Crippen LogP contribution is -2.64. The van der Waals surface area contributed by atoms with E-state index in [0.717, 1.165) is 23.0 Å². The molecule has 2 aliphatic rings. The first kappa shape index (κ1) is 17.3. The maximum atomic E-state index is 13.6. The van der Waals surface area contributed by atoms with E-state index in [4.69, 9.17) is 0 Å². The van der Waals surface area contributed by atoms with Gasteiger partial charge >= 0.3 is 0 Å². The summed E-state index contributed by atoms with van der Waals surface area (Å²) < 4.78 is 0. The number of phenolic OH excluding ortho intramolecular Hbond substituents is 1. The van der Waals surface area contributed by atoms with Crippen LogP contribution in [0.5, 0.6) is 5.75 Å². The molecule has 0 radical (unpaired) electrons. The molecule has 1 amide bonds. The number of nitrogens with zero attached hydrogens (tertiary/aromatic N) is 2. The standard InChI is InChI=1S/C23H25N3O2/c1-22(2)19-12-15-16(7-5-9-18(15)27)23(22,3)10-11-26(19)21(28)14-6-4-8-17-20(14)25-13-24-17/h4-9,13,19,27H,10-12H2,1-3H3,(H,24,25)/t19-,23+/m1/s1. The first-order chi connectivity index (χ1) is 13.3. The Kier molecular flexibility index (Phi) is 3.46. The second-order valence-electron chi connectivity index (χ2n) is 8.93. The van der Waals surface area contributed by atoms with Gasteiger partial charge < -0.3 is 15.0 Å². The number of aromatic nitrogens is 2. The average Bonchev–Trinajstić information content (AvgIpc) is 3.14. The van der Waals surface area contributed by atoms with Crippen molar-refractivity contribution in [2.75, 3.05) is 6.54 Å². The third kappa shape index (κ3) is 2.07. The van der Waals surface area contributed by atoms with Gasteiger partial charge in [0.05, 0.1) is 17.4 Å². The molecule has 5 nitrogen and oxygen atoms in total. The number of amides is 1. The summed E-state index contributed by atoms with van der Waals surface area (Å²) in [5, 5.41) is 10.5. The van der Waals surface area contributed by atoms with Crippen molar-refractivity contribution >= 4 is 16.9 Å². The number of para-hydroxylation sites is 1. The van der Waals surface area contributed by atoms with Crippen LogP contribution in [-0.4, -0.2) is 38.5 Å². The lowest BCUT2D eigenvalue weighted by Gasteiger charge is -2.60. The van der Waals surface area contributed by atoms with Crippen LogP contribution in [0, 0.1) is 5.41 Å². The lowest BCUT2D eigenvalue weighted by atomic mass is 9.51. The zero-order chi connectivity index (χ0) is 19.7. The molecule has 0 saturated carbocycles. The minimum atomic E-state index is -0.110. The smallest absolute Gasteiger partial charge is 0.256 e. The summed E-state index contributed by atoms with van der Waals surface area (Å²) in [6.45, 7) is 7.52. The summed E-state index contributed by atoms with van der Waals surface area (Å²) in [5.41, 5.74) is 4.26. The zero-order valence-electron chi connectivity index (χ0n) is 16.5. The van der Waals surface area contributed by atoms with Crippen molar-refractivity contribution in [1.29, 1.82) is 0 Å². The summed E-state index contributed by atoms with van der Waals surface area (Å²) in [4.78, 5) is 23.1. The maximum absolute atomic E-state index is 13.6. The van der Waals surface area contributed by atoms with Crippen molar-refractivity contribution in [2.24, 2.45) is 5.41 Å². The van der Waals surface area contributed by atoms with Crippen LogP contribution in [0.15, 0.2) is 42.7 Å². The van der Waals surface area contributed by atoms with Gasteiger partial charge in [-0.3, -0.25) is 4.79 Å². The van der Waals surface area contributed by atoms with E-state index in [-0.39, 0.29) is 22.8 Å². The summed E-state index contributed by atoms with van der Waals surface area (Å²) >= 11 is 0. The van der Waals surface area contributed by atoms with Crippen LogP contribution in [0.3, 0.4) is 0 Å². The third-order valence-electron chi connectivity index (χ3n) is 7.57. The average molecular weight is 375 g/mol. The largest absolute Gasteiger partial charge is 0.508 e. The summed E-state index contributed by atoms with van der Waals surface area (Å²) in [6, 6.07) is 11.6. The van der Waals surface area contributed by atoms with Gasteiger partial charge in [-0.2, -0.15) is 0 Å². The van der Waals surface area contributed by atoms with E-state index < -0.39 is 0 Å². The fraction of sp³-hybridized carbons (Fsp3) is 0.391. The minimum absolute atomic E-state index is 0.0220. The second-order valence-corrected chi connectivity index (χ2v) is 8.93. The molecule has 1 aromatic heterocycles. The normalized spacial score (nSPS) is 25.5. The second kappa shape index (κ2) is 5.60. The van der Waals surface area contributed by atoms with Crippen molar-refractivity contribution in [3.8, 4) is 5.75 Å². The van der Waals surface area contributed by atoms with Crippen LogP contribution >= 0.6 is 0 Å². The molecule has 3 aromatic rings. The number of imidazole rings is 1. The Hall–Kier alpha value is -2.82. The van der Waals surface area contributed by atoms with Gasteiger partial charge in [0.1, 0.15) is 11.3 Å². The minimum Gasteiger partial charge on any atom is -0.508 e. The van der Waals surface area contributed by atoms with Crippen LogP contribution in [0.2, 0.25) is 0 Å². The molecule has 0 unspecified atom stereocenters. The quantitative estimate of drug-likeness (QED) is 0.675. The van der Waals surface area contributed by atoms with Gasteiger partial charge in [-0.15, -0.1) is 0 Å². The first-order valence-electron chi connectivity index (χ1n) is 9.89. The highest BCUT2D eigenvalue weighted by Gasteiger charge is 2.57. The molecule has 28 heavy (non-hydrogen) atoms. The Morgan fingerprint density at radius 3 is 2.82 bits per heavy atom. The molecule has 144 valence electrons. The molecule has 2 bridgehead atoms. The number of aromatic hydroxyl groups is 1. The molecule has 1 aliphatic heterocycles. The highest BCUT2D eigenvalue weighted by atomic mass is 16.3. The number of hydrogen-bond acceptors (Lipinski definition) is 3. The molecule has 2 aromatic carbocycles. The highest BCUT2D eigenvalue weighted by molar-refractivity contribution is 6.05. The van der Waals surface area contributed by atoms with Crippen LogP contribution in [0.25, 0.3) is 11.0 Å². The van der Waals surface area contributed by atoms with Gasteiger partial charge in [0.2, 0.25) is 0 Å². The molecular formula is C23H25N3O2. The molecule has 2 N–H and O–H groups in total. The molecule has 1 saturated heterocycles. The molecule has 2 atom stereocenters. The van der Waals surface area contributed by atoms with E-state index in [1.165, 1.54) is 5.56 Å². The number of benzene rings is 2. The Morgan fingerprint density at radius 1 is 1.21 bits per heavy atom. The van der Waals surface area contributed by atoms with E-state index in [1.54, 1.807) is 12.4 Å². The van der Waals surface area contributed by atoms with Crippen molar-refractivity contribution in [1.82, 2.24) is 14.9 Å². The van der Waals surface area contributed by atoms with E-state index in [1.807, 2.05) is 29.2 Å². The van der Waals surface area contributed by atoms with Crippen molar-refractivity contribution in [2.45, 2.75) is 45.1 Å². The number of piperidine rings is 1. The lowest BCUT2D eigenvalue weighted by molar-refractivity contribution is -0.0265. The van der Waals surface area contributed by atoms with Gasteiger partial charge in [-0.1, -0.05) is 39.0 Å². The number of likely N-dealkylation sites (tertiary alicyclic amines) is 1. The number of nitrogens with one attached hydrogen (secondary N) is 1. The van der Waals surface area contributed by atoms with Gasteiger partial charge in [-0.05, 0) is 47.6 Å². The number of fused-ring (bicyclic) bond motifs is 5. The molecule has 1 aliphatic carbocycles. The number of carbonyl (C=O) groups is 1. The van der Waals surface area contributed by atoms with Crippen molar-refractivity contribution in [3.05, 3.63) is 59.4 Å². The van der Waals surface area contributed by atoms with E-state index in [0.29, 0.717) is 24.3 Å². The van der Waals surface area contributed by atoms with Gasteiger partial charge in [0, 0.05) is 18.0 Å². The summed E-state index contributed by atoms with van der Waals surface area (Å²) in [5.74, 6) is 0.365. The van der Waals surface area contributed by atoms with E-state index in [9.17, 15) is 9.90 Å². The monoisotopic (exact) mass is 375 g/mol. The fourth-order valence-electron chi connectivity index (χ4n) is 5.46. The zero-order valence-corrected chi connectivity index (χ0v) is 16.5. The predicted molar refractivity (Wildman–Crippen MR) is 108 cm³/mol. The number of carbonyl (C=O) groups excluding carboxylic acids is 1. The van der Waals surface area contributed by atoms with Crippen molar-refractivity contribution in [3.63, 3.8) is 0 Å². The summed E-state index contributed by atoms with van der Waals surface area (Å²) in [6.07, 6.45) is 3.18. The SMILES string of the molecule is CC1(C)[C@H]2Cc3c(O)cccc3[C@]1(C)CCN2C(=O)c1cccc2[nH]cnc12. The third-order valence-corrected chi connectivity index (χ3v) is 7.57. The number of phenols is 1. The van der Waals surface area contributed by atoms with Crippen LogP contribution in [0.4, 0.5) is 0 Å². The first-order valence-corrected chi connectivity index (χ1v) is 9.89. The summed E-state index contributed by atoms with van der Waals surface area (Å²) in [7, 11) is 0. The number of H-pyrrole nitrogens is 1. The van der Waals surface area contributed by atoms with Gasteiger partial charge in [0.25, 0.3) is 5.91 Å². The van der Waals surface area contributed by atoms with Crippen LogP contribution in [-0.2, 0) is 11.8 Å². The van der Waals surface area contributed by atoms with E-state index >= 15 is 0 Å². The molecule has 1 fully saturated rings. The van der Waals surface area contributed by atoms with E-state index in [2.05, 4.69) is 36.8 Å². The Bertz CT molecular complexity index is 1100. The van der Waals surface area contributed by atoms with Crippen LogP contribution < -0.4 is 0 Å². The molecular weight excluding hydrogens is 350 g/mol. The van der Waals surface area contributed by atoms with Crippen molar-refractivity contribution < 1.29 is 9.90 Å². The number of aromatic amines is 1.